The van der Waals surface area contributed by atoms with Crippen LogP contribution in [0.15, 0.2) is 29.4 Å². The van der Waals surface area contributed by atoms with Crippen LogP contribution in [0.2, 0.25) is 0 Å². The van der Waals surface area contributed by atoms with E-state index in [1.54, 1.807) is 13.1 Å². The monoisotopic (exact) mass is 475 g/mol. The van der Waals surface area contributed by atoms with Gasteiger partial charge in [0.25, 0.3) is 0 Å². The van der Waals surface area contributed by atoms with Crippen molar-refractivity contribution in [3.05, 3.63) is 30.1 Å². The third-order valence-corrected chi connectivity index (χ3v) is 3.96. The minimum absolute atomic E-state index is 0. The SMILES string of the molecule is CCNC(=NCC(NC(=O)OCC)C1CC1)NCCc1ccccn1.I. The quantitative estimate of drug-likeness (QED) is 0.290. The lowest BCUT2D eigenvalue weighted by Crippen LogP contribution is -2.42. The van der Waals surface area contributed by atoms with Crippen LogP contribution in [0.3, 0.4) is 0 Å². The van der Waals surface area contributed by atoms with E-state index in [9.17, 15) is 4.79 Å². The molecule has 1 saturated carbocycles. The molecule has 146 valence electrons. The van der Waals surface area contributed by atoms with E-state index in [-0.39, 0.29) is 36.1 Å². The summed E-state index contributed by atoms with van der Waals surface area (Å²) in [7, 11) is 0. The number of hydrogen-bond donors (Lipinski definition) is 3. The number of halogens is 1. The van der Waals surface area contributed by atoms with E-state index in [1.807, 2.05) is 25.1 Å². The fraction of sp³-hybridized carbons (Fsp3) is 0.611. The molecule has 1 aromatic rings. The number of nitrogens with one attached hydrogen (secondary N) is 3. The lowest BCUT2D eigenvalue weighted by Gasteiger charge is -2.17. The van der Waals surface area contributed by atoms with E-state index in [2.05, 4.69) is 25.9 Å². The van der Waals surface area contributed by atoms with E-state index in [1.165, 1.54) is 0 Å². The summed E-state index contributed by atoms with van der Waals surface area (Å²) in [6.07, 6.45) is 4.54. The molecule has 1 unspecified atom stereocenters. The maximum Gasteiger partial charge on any atom is 0.407 e. The average Bonchev–Trinajstić information content (AvgIpc) is 3.44. The second kappa shape index (κ2) is 12.7. The Morgan fingerprint density at radius 3 is 2.77 bits per heavy atom. The van der Waals surface area contributed by atoms with Crippen molar-refractivity contribution in [3.63, 3.8) is 0 Å². The lowest BCUT2D eigenvalue weighted by molar-refractivity contribution is 0.147. The lowest BCUT2D eigenvalue weighted by atomic mass is 10.2. The number of aliphatic imine (C=N–C) groups is 1. The molecule has 26 heavy (non-hydrogen) atoms. The van der Waals surface area contributed by atoms with E-state index in [0.717, 1.165) is 44.0 Å². The molecule has 0 spiro atoms. The summed E-state index contributed by atoms with van der Waals surface area (Å²) in [5.41, 5.74) is 1.05. The van der Waals surface area contributed by atoms with Crippen molar-refractivity contribution < 1.29 is 9.53 Å². The molecule has 1 fully saturated rings. The van der Waals surface area contributed by atoms with Gasteiger partial charge in [0, 0.05) is 31.4 Å². The molecule has 2 rings (SSSR count). The molecule has 3 N–H and O–H groups in total. The van der Waals surface area contributed by atoms with Gasteiger partial charge in [0.05, 0.1) is 19.2 Å². The molecule has 1 aromatic heterocycles. The summed E-state index contributed by atoms with van der Waals surface area (Å²) < 4.78 is 4.98. The minimum atomic E-state index is -0.359. The van der Waals surface area contributed by atoms with E-state index < -0.39 is 0 Å². The molecule has 1 atom stereocenters. The third-order valence-electron chi connectivity index (χ3n) is 3.96. The van der Waals surface area contributed by atoms with Crippen LogP contribution in [0, 0.1) is 5.92 Å². The first-order valence-electron chi connectivity index (χ1n) is 9.08. The maximum absolute atomic E-state index is 11.7. The van der Waals surface area contributed by atoms with Gasteiger partial charge < -0.3 is 20.7 Å². The fourth-order valence-corrected chi connectivity index (χ4v) is 2.52. The number of rotatable bonds is 9. The van der Waals surface area contributed by atoms with E-state index >= 15 is 0 Å². The Morgan fingerprint density at radius 1 is 1.35 bits per heavy atom. The van der Waals surface area contributed by atoms with Crippen molar-refractivity contribution in [1.29, 1.82) is 0 Å². The van der Waals surface area contributed by atoms with Crippen LogP contribution >= 0.6 is 24.0 Å². The minimum Gasteiger partial charge on any atom is -0.450 e. The highest BCUT2D eigenvalue weighted by Gasteiger charge is 2.32. The molecule has 1 heterocycles. The smallest absolute Gasteiger partial charge is 0.407 e. The number of hydrogen-bond acceptors (Lipinski definition) is 4. The Labute approximate surface area is 172 Å². The predicted molar refractivity (Wildman–Crippen MR) is 114 cm³/mol. The number of amides is 1. The van der Waals surface area contributed by atoms with Gasteiger partial charge in [0.1, 0.15) is 0 Å². The summed E-state index contributed by atoms with van der Waals surface area (Å²) in [5, 5.41) is 9.48. The highest BCUT2D eigenvalue weighted by molar-refractivity contribution is 14.0. The highest BCUT2D eigenvalue weighted by Crippen LogP contribution is 2.32. The van der Waals surface area contributed by atoms with Crippen LogP contribution in [-0.4, -0.2) is 49.3 Å². The number of carbonyl (C=O) groups excluding carboxylic acids is 1. The second-order valence-corrected chi connectivity index (χ2v) is 6.03. The normalized spacial score (nSPS) is 14.8. The van der Waals surface area contributed by atoms with Crippen LogP contribution in [0.5, 0.6) is 0 Å². The summed E-state index contributed by atoms with van der Waals surface area (Å²) in [6.45, 7) is 6.30. The molecule has 0 radical (unpaired) electrons. The molecule has 1 aliphatic rings. The van der Waals surface area contributed by atoms with Gasteiger partial charge in [0.15, 0.2) is 5.96 Å². The molecule has 0 aliphatic heterocycles. The summed E-state index contributed by atoms with van der Waals surface area (Å²) in [5.74, 6) is 1.26. The second-order valence-electron chi connectivity index (χ2n) is 6.03. The van der Waals surface area contributed by atoms with Gasteiger partial charge in [-0.15, -0.1) is 24.0 Å². The van der Waals surface area contributed by atoms with Gasteiger partial charge in [-0.05, 0) is 44.7 Å². The molecular formula is C18H30IN5O2. The first-order chi connectivity index (χ1) is 12.2. The van der Waals surface area contributed by atoms with Crippen LogP contribution < -0.4 is 16.0 Å². The average molecular weight is 475 g/mol. The van der Waals surface area contributed by atoms with Gasteiger partial charge in [-0.1, -0.05) is 6.07 Å². The number of pyridine rings is 1. The number of alkyl carbamates (subject to hydrolysis) is 1. The fourth-order valence-electron chi connectivity index (χ4n) is 2.52. The standard InChI is InChI=1S/C18H29N5O2.HI/c1-3-19-17(21-12-10-15-7-5-6-11-20-15)22-13-16(14-8-9-14)23-18(24)25-4-2;/h5-7,11,14,16H,3-4,8-10,12-13H2,1-2H3,(H,23,24)(H2,19,21,22);1H. The number of carbonyl (C=O) groups is 1. The topological polar surface area (TPSA) is 87.6 Å². The van der Waals surface area contributed by atoms with Crippen molar-refractivity contribution in [1.82, 2.24) is 20.9 Å². The molecule has 0 bridgehead atoms. The summed E-state index contributed by atoms with van der Waals surface area (Å²) in [6, 6.07) is 5.95. The Hall–Kier alpha value is -1.58. The molecule has 0 aromatic carbocycles. The first-order valence-corrected chi connectivity index (χ1v) is 9.08. The largest absolute Gasteiger partial charge is 0.450 e. The van der Waals surface area contributed by atoms with Crippen molar-refractivity contribution in [3.8, 4) is 0 Å². The van der Waals surface area contributed by atoms with Crippen molar-refractivity contribution in [2.45, 2.75) is 39.2 Å². The number of ether oxygens (including phenoxy) is 1. The molecule has 1 amide bonds. The van der Waals surface area contributed by atoms with Gasteiger partial charge >= 0.3 is 6.09 Å². The Morgan fingerprint density at radius 2 is 2.15 bits per heavy atom. The van der Waals surface area contributed by atoms with E-state index in [4.69, 9.17) is 4.74 Å². The van der Waals surface area contributed by atoms with Crippen molar-refractivity contribution >= 4 is 36.0 Å². The summed E-state index contributed by atoms with van der Waals surface area (Å²) in [4.78, 5) is 20.6. The molecular weight excluding hydrogens is 445 g/mol. The Kier molecular flexibility index (Phi) is 11.0. The molecule has 8 heteroatoms. The molecule has 1 aliphatic carbocycles. The Balaban J connectivity index is 0.00000338. The first kappa shape index (κ1) is 22.5. The van der Waals surface area contributed by atoms with Gasteiger partial charge in [-0.2, -0.15) is 0 Å². The van der Waals surface area contributed by atoms with Crippen LogP contribution in [0.4, 0.5) is 4.79 Å². The van der Waals surface area contributed by atoms with Gasteiger partial charge in [-0.3, -0.25) is 9.98 Å². The third kappa shape index (κ3) is 8.68. The zero-order valence-corrected chi connectivity index (χ0v) is 17.9. The number of guanidine groups is 1. The zero-order chi connectivity index (χ0) is 17.9. The van der Waals surface area contributed by atoms with Crippen molar-refractivity contribution in [2.75, 3.05) is 26.2 Å². The highest BCUT2D eigenvalue weighted by atomic mass is 127. The maximum atomic E-state index is 11.7. The van der Waals surface area contributed by atoms with Crippen LogP contribution in [-0.2, 0) is 11.2 Å². The van der Waals surface area contributed by atoms with Crippen LogP contribution in [0.1, 0.15) is 32.4 Å². The van der Waals surface area contributed by atoms with Gasteiger partial charge in [-0.25, -0.2) is 4.79 Å². The zero-order valence-electron chi connectivity index (χ0n) is 15.5. The van der Waals surface area contributed by atoms with Crippen LogP contribution in [0.25, 0.3) is 0 Å². The van der Waals surface area contributed by atoms with E-state index in [0.29, 0.717) is 19.1 Å². The number of nitrogens with zero attached hydrogens (tertiary/aromatic N) is 2. The van der Waals surface area contributed by atoms with Crippen molar-refractivity contribution in [2.24, 2.45) is 10.9 Å². The van der Waals surface area contributed by atoms with Gasteiger partial charge in [0.2, 0.25) is 0 Å². The summed E-state index contributed by atoms with van der Waals surface area (Å²) >= 11 is 0. The predicted octanol–water partition coefficient (Wildman–Crippen LogP) is 2.32. The molecule has 7 nitrogen and oxygen atoms in total. The Bertz CT molecular complexity index is 552. The number of aromatic nitrogens is 1. The molecule has 0 saturated heterocycles.